The minimum absolute atomic E-state index is 0.0924. The second-order valence-corrected chi connectivity index (χ2v) is 11.8. The SMILES string of the molecule is CC(C)(C)c1ccc2c(c1)C1(C3=C(C=CC3)C3=C1CC=C3)c1cc(C(C)(C)C)ccc1-2. The smallest absolute Gasteiger partial charge is 0.0657 e. The molecule has 156 valence electrons. The average molecular weight is 405 g/mol. The first-order valence-corrected chi connectivity index (χ1v) is 11.7. The average Bonchev–Trinajstić information content (AvgIpc) is 3.44. The zero-order chi connectivity index (χ0) is 21.8. The summed E-state index contributed by atoms with van der Waals surface area (Å²) in [6.07, 6.45) is 11.6. The Morgan fingerprint density at radius 2 is 1.03 bits per heavy atom. The Bertz CT molecular complexity index is 1170. The maximum Gasteiger partial charge on any atom is 0.0657 e. The molecule has 4 aliphatic rings. The number of fused-ring (bicyclic) bond motifs is 8. The molecular weight excluding hydrogens is 372 g/mol. The molecule has 0 heteroatoms. The third kappa shape index (κ3) is 2.31. The van der Waals surface area contributed by atoms with Crippen LogP contribution in [-0.4, -0.2) is 0 Å². The Labute approximate surface area is 187 Å². The minimum Gasteiger partial charge on any atom is -0.0798 e. The van der Waals surface area contributed by atoms with Crippen LogP contribution >= 0.6 is 0 Å². The van der Waals surface area contributed by atoms with E-state index in [4.69, 9.17) is 0 Å². The van der Waals surface area contributed by atoms with Crippen LogP contribution in [-0.2, 0) is 16.2 Å². The lowest BCUT2D eigenvalue weighted by atomic mass is 9.66. The van der Waals surface area contributed by atoms with Gasteiger partial charge in [0.15, 0.2) is 0 Å². The monoisotopic (exact) mass is 404 g/mol. The normalized spacial score (nSPS) is 20.1. The van der Waals surface area contributed by atoms with Crippen molar-refractivity contribution in [3.63, 3.8) is 0 Å². The Morgan fingerprint density at radius 1 is 0.613 bits per heavy atom. The van der Waals surface area contributed by atoms with Crippen LogP contribution in [0.2, 0.25) is 0 Å². The molecule has 0 radical (unpaired) electrons. The fourth-order valence-electron chi connectivity index (χ4n) is 6.31. The highest BCUT2D eigenvalue weighted by atomic mass is 14.6. The van der Waals surface area contributed by atoms with E-state index in [0.29, 0.717) is 0 Å². The van der Waals surface area contributed by atoms with E-state index >= 15 is 0 Å². The van der Waals surface area contributed by atoms with Gasteiger partial charge in [0.1, 0.15) is 0 Å². The van der Waals surface area contributed by atoms with E-state index in [2.05, 4.69) is 102 Å². The Balaban J connectivity index is 1.73. The van der Waals surface area contributed by atoms with Gasteiger partial charge < -0.3 is 0 Å². The van der Waals surface area contributed by atoms with Gasteiger partial charge in [-0.3, -0.25) is 0 Å². The van der Waals surface area contributed by atoms with Gasteiger partial charge in [-0.1, -0.05) is 102 Å². The number of allylic oxidation sites excluding steroid dienone is 8. The van der Waals surface area contributed by atoms with Crippen LogP contribution in [0.4, 0.5) is 0 Å². The first kappa shape index (κ1) is 19.1. The predicted octanol–water partition coefficient (Wildman–Crippen LogP) is 8.07. The van der Waals surface area contributed by atoms with Crippen molar-refractivity contribution in [1.82, 2.24) is 0 Å². The molecule has 2 aromatic rings. The summed E-state index contributed by atoms with van der Waals surface area (Å²) in [6, 6.07) is 14.6. The van der Waals surface area contributed by atoms with E-state index in [0.717, 1.165) is 12.8 Å². The quantitative estimate of drug-likeness (QED) is 0.416. The van der Waals surface area contributed by atoms with Gasteiger partial charge in [-0.25, -0.2) is 0 Å². The van der Waals surface area contributed by atoms with Gasteiger partial charge in [0.05, 0.1) is 5.41 Å². The highest BCUT2D eigenvalue weighted by Gasteiger charge is 2.54. The Hall–Kier alpha value is -2.60. The molecule has 0 saturated heterocycles. The zero-order valence-corrected chi connectivity index (χ0v) is 19.7. The molecule has 0 unspecified atom stereocenters. The number of benzene rings is 2. The van der Waals surface area contributed by atoms with E-state index in [1.165, 1.54) is 44.5 Å². The van der Waals surface area contributed by atoms with Crippen molar-refractivity contribution in [3.05, 3.63) is 105 Å². The largest absolute Gasteiger partial charge is 0.0798 e. The molecule has 0 heterocycles. The van der Waals surface area contributed by atoms with Crippen molar-refractivity contribution in [2.75, 3.05) is 0 Å². The summed E-state index contributed by atoms with van der Waals surface area (Å²) < 4.78 is 0. The maximum atomic E-state index is 2.54. The van der Waals surface area contributed by atoms with E-state index in [1.54, 1.807) is 11.1 Å². The first-order valence-electron chi connectivity index (χ1n) is 11.7. The fraction of sp³-hybridized carbons (Fsp3) is 0.355. The van der Waals surface area contributed by atoms with Gasteiger partial charge in [-0.05, 0) is 79.3 Å². The topological polar surface area (TPSA) is 0 Å². The van der Waals surface area contributed by atoms with Crippen LogP contribution in [0.1, 0.15) is 76.6 Å². The van der Waals surface area contributed by atoms with E-state index in [1.807, 2.05) is 0 Å². The van der Waals surface area contributed by atoms with Crippen LogP contribution in [0.25, 0.3) is 11.1 Å². The molecule has 0 amide bonds. The van der Waals surface area contributed by atoms with E-state index in [9.17, 15) is 0 Å². The summed E-state index contributed by atoms with van der Waals surface area (Å²) in [5, 5.41) is 0. The Kier molecular flexibility index (Phi) is 3.57. The van der Waals surface area contributed by atoms with Gasteiger partial charge in [0, 0.05) is 0 Å². The highest BCUT2D eigenvalue weighted by molar-refractivity contribution is 5.90. The highest BCUT2D eigenvalue weighted by Crippen LogP contribution is 2.65. The lowest BCUT2D eigenvalue weighted by Gasteiger charge is -2.35. The molecule has 1 spiro atoms. The summed E-state index contributed by atoms with van der Waals surface area (Å²) in [5.74, 6) is 0. The lowest BCUT2D eigenvalue weighted by Crippen LogP contribution is -2.29. The minimum atomic E-state index is -0.0924. The van der Waals surface area contributed by atoms with Gasteiger partial charge in [-0.2, -0.15) is 0 Å². The van der Waals surface area contributed by atoms with Crippen molar-refractivity contribution in [2.24, 2.45) is 0 Å². The molecular formula is C31H32. The van der Waals surface area contributed by atoms with Crippen molar-refractivity contribution >= 4 is 0 Å². The molecule has 2 aromatic carbocycles. The lowest BCUT2D eigenvalue weighted by molar-refractivity contribution is 0.584. The van der Waals surface area contributed by atoms with Gasteiger partial charge in [0.25, 0.3) is 0 Å². The van der Waals surface area contributed by atoms with Crippen molar-refractivity contribution < 1.29 is 0 Å². The Morgan fingerprint density at radius 3 is 1.42 bits per heavy atom. The third-order valence-corrected chi connectivity index (χ3v) is 7.93. The molecule has 0 saturated carbocycles. The summed E-state index contributed by atoms with van der Waals surface area (Å²) >= 11 is 0. The van der Waals surface area contributed by atoms with Gasteiger partial charge in [0.2, 0.25) is 0 Å². The van der Waals surface area contributed by atoms with Crippen molar-refractivity contribution in [3.8, 4) is 11.1 Å². The third-order valence-electron chi connectivity index (χ3n) is 7.93. The number of hydrogen-bond acceptors (Lipinski definition) is 0. The van der Waals surface area contributed by atoms with E-state index < -0.39 is 0 Å². The van der Waals surface area contributed by atoms with Crippen LogP contribution < -0.4 is 0 Å². The van der Waals surface area contributed by atoms with Gasteiger partial charge in [-0.15, -0.1) is 0 Å². The molecule has 31 heavy (non-hydrogen) atoms. The summed E-state index contributed by atoms with van der Waals surface area (Å²) in [4.78, 5) is 0. The molecule has 0 N–H and O–H groups in total. The van der Waals surface area contributed by atoms with Crippen molar-refractivity contribution in [1.29, 1.82) is 0 Å². The summed E-state index contributed by atoms with van der Waals surface area (Å²) in [7, 11) is 0. The molecule has 0 aliphatic heterocycles. The van der Waals surface area contributed by atoms with E-state index in [-0.39, 0.29) is 16.2 Å². The maximum absolute atomic E-state index is 2.54. The number of hydrogen-bond donors (Lipinski definition) is 0. The zero-order valence-electron chi connectivity index (χ0n) is 19.7. The summed E-state index contributed by atoms with van der Waals surface area (Å²) in [6.45, 7) is 14.0. The molecule has 0 bridgehead atoms. The molecule has 0 atom stereocenters. The molecule has 0 aromatic heterocycles. The standard InChI is InChI=1S/C31H32/c1-29(2,3)19-13-15-23-24-16-14-20(30(4,5)6)18-28(24)31(27(23)17-19)25-11-7-9-21(25)22-10-8-12-26(22)31/h7-10,13-18H,11-12H2,1-6H3. The molecule has 0 nitrogen and oxygen atoms in total. The number of rotatable bonds is 0. The molecule has 6 rings (SSSR count). The van der Waals surface area contributed by atoms with Crippen LogP contribution in [0.3, 0.4) is 0 Å². The van der Waals surface area contributed by atoms with Crippen molar-refractivity contribution in [2.45, 2.75) is 70.6 Å². The van der Waals surface area contributed by atoms with Crippen LogP contribution in [0.5, 0.6) is 0 Å². The second kappa shape index (κ2) is 5.80. The molecule has 4 aliphatic carbocycles. The summed E-state index contributed by atoms with van der Waals surface area (Å²) in [5.41, 5.74) is 15.2. The predicted molar refractivity (Wildman–Crippen MR) is 132 cm³/mol. The fourth-order valence-corrected chi connectivity index (χ4v) is 6.31. The van der Waals surface area contributed by atoms with Crippen LogP contribution in [0, 0.1) is 0 Å². The van der Waals surface area contributed by atoms with Gasteiger partial charge >= 0.3 is 0 Å². The molecule has 0 fully saturated rings. The first-order chi connectivity index (χ1) is 14.6. The second-order valence-electron chi connectivity index (χ2n) is 11.8. The van der Waals surface area contributed by atoms with Crippen LogP contribution in [0.15, 0.2) is 83.0 Å².